The van der Waals surface area contributed by atoms with E-state index in [4.69, 9.17) is 15.2 Å². The van der Waals surface area contributed by atoms with Gasteiger partial charge in [-0.25, -0.2) is 0 Å². The number of carbonyl (C=O) groups is 1. The minimum Gasteiger partial charge on any atom is -0.378 e. The normalized spacial score (nSPS) is 36.4. The van der Waals surface area contributed by atoms with E-state index in [1.807, 2.05) is 12.2 Å². The van der Waals surface area contributed by atoms with Crippen LogP contribution in [0.5, 0.6) is 0 Å². The highest BCUT2D eigenvalue weighted by Gasteiger charge is 2.36. The van der Waals surface area contributed by atoms with Crippen LogP contribution >= 0.6 is 0 Å². The molecule has 2 aliphatic rings. The van der Waals surface area contributed by atoms with Gasteiger partial charge in [0.15, 0.2) is 0 Å². The molecule has 1 fully saturated rings. The van der Waals surface area contributed by atoms with Crippen LogP contribution in [0.25, 0.3) is 0 Å². The van der Waals surface area contributed by atoms with Gasteiger partial charge < -0.3 is 20.5 Å². The van der Waals surface area contributed by atoms with E-state index in [1.54, 1.807) is 7.11 Å². The Morgan fingerprint density at radius 3 is 3.00 bits per heavy atom. The zero-order valence-corrected chi connectivity index (χ0v) is 10.1. The van der Waals surface area contributed by atoms with Gasteiger partial charge in [-0.15, -0.1) is 0 Å². The lowest BCUT2D eigenvalue weighted by Crippen LogP contribution is -2.46. The van der Waals surface area contributed by atoms with Gasteiger partial charge in [0.2, 0.25) is 5.91 Å². The fourth-order valence-corrected chi connectivity index (χ4v) is 2.26. The van der Waals surface area contributed by atoms with E-state index < -0.39 is 0 Å². The Balaban J connectivity index is 1.81. The van der Waals surface area contributed by atoms with Crippen molar-refractivity contribution in [1.29, 1.82) is 0 Å². The number of nitrogens with two attached hydrogens (primary N) is 1. The number of rotatable bonds is 4. The molecule has 0 aromatic carbocycles. The summed E-state index contributed by atoms with van der Waals surface area (Å²) in [6.45, 7) is 1.74. The molecule has 0 aromatic heterocycles. The largest absolute Gasteiger partial charge is 0.378 e. The molecule has 0 saturated carbocycles. The molecule has 3 N–H and O–H groups in total. The summed E-state index contributed by atoms with van der Waals surface area (Å²) < 4.78 is 10.8. The average Bonchev–Trinajstić information content (AvgIpc) is 2.95. The lowest BCUT2D eigenvalue weighted by Gasteiger charge is -2.26. The minimum atomic E-state index is -0.347. The predicted octanol–water partition coefficient (Wildman–Crippen LogP) is -0.188. The molecular formula is C12H20N2O3. The molecule has 0 spiro atoms. The van der Waals surface area contributed by atoms with Crippen LogP contribution in [0.3, 0.4) is 0 Å². The summed E-state index contributed by atoms with van der Waals surface area (Å²) in [5, 5.41) is 2.93. The second-order valence-electron chi connectivity index (χ2n) is 4.80. The standard InChI is InChI=1S/C12H20N2O3/c1-16-12(4-5-17-8-12)7-14-11(15)9-2-3-10(13)6-9/h2-3,9-10H,4-8,13H2,1H3,(H,14,15). The predicted molar refractivity (Wildman–Crippen MR) is 63.4 cm³/mol. The Morgan fingerprint density at radius 2 is 2.47 bits per heavy atom. The lowest BCUT2D eigenvalue weighted by atomic mass is 10.0. The van der Waals surface area contributed by atoms with Crippen molar-refractivity contribution in [2.75, 3.05) is 26.9 Å². The van der Waals surface area contributed by atoms with E-state index in [2.05, 4.69) is 5.32 Å². The first-order valence-electron chi connectivity index (χ1n) is 6.00. The summed E-state index contributed by atoms with van der Waals surface area (Å²) in [4.78, 5) is 11.9. The third kappa shape index (κ3) is 2.86. The van der Waals surface area contributed by atoms with Gasteiger partial charge in [0.05, 0.1) is 12.5 Å². The molecule has 1 heterocycles. The molecule has 1 saturated heterocycles. The molecule has 5 heteroatoms. The topological polar surface area (TPSA) is 73.6 Å². The van der Waals surface area contributed by atoms with Crippen LogP contribution in [-0.2, 0) is 14.3 Å². The van der Waals surface area contributed by atoms with E-state index >= 15 is 0 Å². The Hall–Kier alpha value is -0.910. The molecule has 5 nitrogen and oxygen atoms in total. The van der Waals surface area contributed by atoms with E-state index in [-0.39, 0.29) is 23.5 Å². The van der Waals surface area contributed by atoms with Crippen molar-refractivity contribution in [2.45, 2.75) is 24.5 Å². The molecule has 0 bridgehead atoms. The van der Waals surface area contributed by atoms with Crippen LogP contribution in [0.2, 0.25) is 0 Å². The number of hydrogen-bond acceptors (Lipinski definition) is 4. The summed E-state index contributed by atoms with van der Waals surface area (Å²) in [7, 11) is 1.66. The Morgan fingerprint density at radius 1 is 1.65 bits per heavy atom. The minimum absolute atomic E-state index is 0.0111. The van der Waals surface area contributed by atoms with Crippen LogP contribution in [-0.4, -0.2) is 44.4 Å². The van der Waals surface area contributed by atoms with Crippen molar-refractivity contribution < 1.29 is 14.3 Å². The van der Waals surface area contributed by atoms with E-state index in [0.29, 0.717) is 26.2 Å². The molecule has 3 unspecified atom stereocenters. The monoisotopic (exact) mass is 240 g/mol. The van der Waals surface area contributed by atoms with Gasteiger partial charge in [-0.05, 0) is 6.42 Å². The fraction of sp³-hybridized carbons (Fsp3) is 0.750. The number of nitrogens with one attached hydrogen (secondary N) is 1. The summed E-state index contributed by atoms with van der Waals surface area (Å²) in [5.41, 5.74) is 5.37. The van der Waals surface area contributed by atoms with Gasteiger partial charge in [0, 0.05) is 32.7 Å². The maximum atomic E-state index is 11.9. The van der Waals surface area contributed by atoms with Crippen molar-refractivity contribution in [3.8, 4) is 0 Å². The van der Waals surface area contributed by atoms with Crippen molar-refractivity contribution in [1.82, 2.24) is 5.32 Å². The zero-order chi connectivity index (χ0) is 12.3. The molecule has 1 amide bonds. The van der Waals surface area contributed by atoms with Crippen LogP contribution < -0.4 is 11.1 Å². The second kappa shape index (κ2) is 5.16. The lowest BCUT2D eigenvalue weighted by molar-refractivity contribution is -0.125. The number of ether oxygens (including phenoxy) is 2. The van der Waals surface area contributed by atoms with E-state index in [0.717, 1.165) is 6.42 Å². The summed E-state index contributed by atoms with van der Waals surface area (Å²) in [6, 6.07) is 0.0111. The highest BCUT2D eigenvalue weighted by atomic mass is 16.5. The highest BCUT2D eigenvalue weighted by molar-refractivity contribution is 5.81. The van der Waals surface area contributed by atoms with Crippen molar-refractivity contribution in [2.24, 2.45) is 11.7 Å². The molecule has 2 rings (SSSR count). The molecule has 96 valence electrons. The quantitative estimate of drug-likeness (QED) is 0.668. The molecule has 0 aromatic rings. The van der Waals surface area contributed by atoms with Gasteiger partial charge in [0.1, 0.15) is 5.60 Å². The van der Waals surface area contributed by atoms with Crippen molar-refractivity contribution >= 4 is 5.91 Å². The SMILES string of the molecule is COC1(CNC(=O)C2C=CC(N)C2)CCOC1. The van der Waals surface area contributed by atoms with Crippen LogP contribution in [0, 0.1) is 5.92 Å². The third-order valence-electron chi connectivity index (χ3n) is 3.54. The second-order valence-corrected chi connectivity index (χ2v) is 4.80. The molecule has 17 heavy (non-hydrogen) atoms. The van der Waals surface area contributed by atoms with Crippen molar-refractivity contribution in [3.05, 3.63) is 12.2 Å². The van der Waals surface area contributed by atoms with Crippen LogP contribution in [0.15, 0.2) is 12.2 Å². The number of carbonyl (C=O) groups excluding carboxylic acids is 1. The van der Waals surface area contributed by atoms with E-state index in [9.17, 15) is 4.79 Å². The van der Waals surface area contributed by atoms with Crippen molar-refractivity contribution in [3.63, 3.8) is 0 Å². The number of amides is 1. The van der Waals surface area contributed by atoms with Gasteiger partial charge in [-0.1, -0.05) is 12.2 Å². The summed E-state index contributed by atoms with van der Waals surface area (Å²) >= 11 is 0. The highest BCUT2D eigenvalue weighted by Crippen LogP contribution is 2.22. The smallest absolute Gasteiger partial charge is 0.227 e. The van der Waals surface area contributed by atoms with E-state index in [1.165, 1.54) is 0 Å². The Labute approximate surface area is 101 Å². The molecular weight excluding hydrogens is 220 g/mol. The maximum Gasteiger partial charge on any atom is 0.227 e. The Bertz CT molecular complexity index is 311. The molecule has 3 atom stereocenters. The number of methoxy groups -OCH3 is 1. The third-order valence-corrected chi connectivity index (χ3v) is 3.54. The summed E-state index contributed by atoms with van der Waals surface area (Å²) in [6.07, 6.45) is 5.28. The van der Waals surface area contributed by atoms with Gasteiger partial charge >= 0.3 is 0 Å². The fourth-order valence-electron chi connectivity index (χ4n) is 2.26. The molecule has 0 radical (unpaired) electrons. The summed E-state index contributed by atoms with van der Waals surface area (Å²) in [5.74, 6) is -0.0706. The first-order chi connectivity index (χ1) is 8.15. The molecule has 1 aliphatic heterocycles. The van der Waals surface area contributed by atoms with Crippen LogP contribution in [0.1, 0.15) is 12.8 Å². The Kier molecular flexibility index (Phi) is 3.81. The first kappa shape index (κ1) is 12.5. The van der Waals surface area contributed by atoms with Crippen LogP contribution in [0.4, 0.5) is 0 Å². The van der Waals surface area contributed by atoms with Gasteiger partial charge in [-0.2, -0.15) is 0 Å². The number of hydrogen-bond donors (Lipinski definition) is 2. The van der Waals surface area contributed by atoms with Gasteiger partial charge in [0.25, 0.3) is 0 Å². The average molecular weight is 240 g/mol. The first-order valence-corrected chi connectivity index (χ1v) is 6.00. The zero-order valence-electron chi connectivity index (χ0n) is 10.1. The molecule has 1 aliphatic carbocycles. The maximum absolute atomic E-state index is 11.9. The van der Waals surface area contributed by atoms with Gasteiger partial charge in [-0.3, -0.25) is 4.79 Å².